The van der Waals surface area contributed by atoms with E-state index in [2.05, 4.69) is 45.3 Å². The van der Waals surface area contributed by atoms with E-state index in [9.17, 15) is 14.4 Å². The molecule has 0 aromatic carbocycles. The van der Waals surface area contributed by atoms with Crippen LogP contribution >= 0.6 is 0 Å². The summed E-state index contributed by atoms with van der Waals surface area (Å²) in [5.74, 6) is -0.889. The Kier molecular flexibility index (Phi) is 20.1. The molecule has 1 atom stereocenters. The number of carboxylic acids is 1. The van der Waals surface area contributed by atoms with Crippen LogP contribution in [-0.4, -0.2) is 121 Å². The number of rotatable bonds is 27. The van der Waals surface area contributed by atoms with Gasteiger partial charge in [0.15, 0.2) is 0 Å². The molecule has 0 aromatic heterocycles. The quantitative estimate of drug-likeness (QED) is 0.0853. The van der Waals surface area contributed by atoms with Crippen LogP contribution in [0.2, 0.25) is 7.87 Å². The summed E-state index contributed by atoms with van der Waals surface area (Å²) >= 11 is -0.989. The maximum atomic E-state index is 12.7. The Bertz CT molecular complexity index is 802. The van der Waals surface area contributed by atoms with Gasteiger partial charge in [0.25, 0.3) is 0 Å². The van der Waals surface area contributed by atoms with Crippen molar-refractivity contribution >= 4 is 38.7 Å². The number of carbonyl (C=O) groups excluding carboxylic acids is 2. The van der Waals surface area contributed by atoms with E-state index in [1.807, 2.05) is 13.8 Å². The standard InChI is InChI=1S/C18H33N2O6.C13H27O2.Sn/c1-13(2)15(21)12-26-11-10-25-9-8-20-18(3,4)16(22)7-6-14(19-5)17(23)24;1-7-12(3,4)11-13(5,6)15-10-9-14-8-2;/h14,19-20H,6-12H2,1-5H3,(H,23,24);2,7-11H2,1,3-6H3;. The minimum absolute atomic E-state index is 0.0515. The van der Waals surface area contributed by atoms with E-state index in [-0.39, 0.29) is 45.5 Å². The number of ketones is 2. The van der Waals surface area contributed by atoms with Crippen LogP contribution in [0.25, 0.3) is 0 Å². The molecule has 0 aliphatic carbocycles. The van der Waals surface area contributed by atoms with Gasteiger partial charge in [-0.25, -0.2) is 0 Å². The van der Waals surface area contributed by atoms with Gasteiger partial charge < -0.3 is 10.4 Å². The molecular weight excluding hydrogens is 647 g/mol. The van der Waals surface area contributed by atoms with E-state index in [4.69, 9.17) is 24.1 Å². The number of carboxylic acid groups (broad SMARTS) is 1. The van der Waals surface area contributed by atoms with Crippen LogP contribution in [0, 0.1) is 5.41 Å². The van der Waals surface area contributed by atoms with Gasteiger partial charge in [-0.2, -0.15) is 0 Å². The fraction of sp³-hybridized carbons (Fsp3) is 0.903. The zero-order valence-electron chi connectivity index (χ0n) is 28.1. The molecule has 0 heterocycles. The van der Waals surface area contributed by atoms with Crippen LogP contribution in [0.3, 0.4) is 0 Å². The topological polar surface area (TPSA) is 132 Å². The second kappa shape index (κ2) is 20.4. The molecule has 0 bridgehead atoms. The number of Topliss-reactive ketones (excluding diaryl/α,β-unsaturated/α-hetero) is 2. The Hall–Kier alpha value is -0.631. The second-order valence-corrected chi connectivity index (χ2v) is 19.3. The Morgan fingerprint density at radius 1 is 0.833 bits per heavy atom. The van der Waals surface area contributed by atoms with Crippen molar-refractivity contribution < 1.29 is 38.4 Å². The number of likely N-dealkylation sites (N-methyl/N-ethyl adjacent to an activating group) is 1. The van der Waals surface area contributed by atoms with Crippen LogP contribution in [0.5, 0.6) is 0 Å². The van der Waals surface area contributed by atoms with Crippen LogP contribution in [-0.2, 0) is 33.3 Å². The number of ether oxygens (including phenoxy) is 4. The smallest absolute Gasteiger partial charge is 0.480 e. The predicted octanol–water partition coefficient (Wildman–Crippen LogP) is 3.94. The molecule has 0 aliphatic heterocycles. The summed E-state index contributed by atoms with van der Waals surface area (Å²) in [5.41, 5.74) is -0.690. The van der Waals surface area contributed by atoms with E-state index in [1.54, 1.807) is 20.9 Å². The van der Waals surface area contributed by atoms with Crippen LogP contribution in [0.1, 0.15) is 88.0 Å². The van der Waals surface area contributed by atoms with Crippen molar-refractivity contribution in [3.8, 4) is 0 Å². The number of hydrogen-bond acceptors (Lipinski definition) is 9. The van der Waals surface area contributed by atoms with E-state index >= 15 is 0 Å². The van der Waals surface area contributed by atoms with Crippen molar-refractivity contribution in [3.05, 3.63) is 0 Å². The Labute approximate surface area is 265 Å². The molecule has 246 valence electrons. The molecule has 11 heteroatoms. The zero-order chi connectivity index (χ0) is 32.5. The Balaban J connectivity index is 3.99. The van der Waals surface area contributed by atoms with Crippen LogP contribution in [0.15, 0.2) is 0 Å². The normalized spacial score (nSPS) is 13.8. The summed E-state index contributed by atoms with van der Waals surface area (Å²) in [7, 11) is 1.57. The molecule has 2 radical (unpaired) electrons. The number of hydrogen-bond donors (Lipinski definition) is 3. The first-order valence-electron chi connectivity index (χ1n) is 15.2. The summed E-state index contributed by atoms with van der Waals surface area (Å²) in [6.45, 7) is 22.0. The summed E-state index contributed by atoms with van der Waals surface area (Å²) in [6.07, 6.45) is 2.53. The van der Waals surface area contributed by atoms with E-state index in [0.29, 0.717) is 46.2 Å². The summed E-state index contributed by atoms with van der Waals surface area (Å²) in [4.78, 5) is 36.3. The van der Waals surface area contributed by atoms with Gasteiger partial charge >= 0.3 is 220 Å². The Morgan fingerprint density at radius 2 is 1.43 bits per heavy atom. The molecule has 10 nitrogen and oxygen atoms in total. The van der Waals surface area contributed by atoms with E-state index in [1.165, 1.54) is 0 Å². The summed E-state index contributed by atoms with van der Waals surface area (Å²) in [5, 5.41) is 15.0. The third-order valence-corrected chi connectivity index (χ3v) is 12.1. The van der Waals surface area contributed by atoms with Gasteiger partial charge in [-0.15, -0.1) is 0 Å². The summed E-state index contributed by atoms with van der Waals surface area (Å²) in [6, 6.07) is -0.737. The third-order valence-electron chi connectivity index (χ3n) is 7.51. The number of aliphatic carboxylic acids is 1. The van der Waals surface area contributed by atoms with Gasteiger partial charge in [-0.1, -0.05) is 0 Å². The maximum absolute atomic E-state index is 12.7. The number of carbonyl (C=O) groups is 3. The molecule has 0 aliphatic rings. The molecular formula is C31H60N2O8Sn. The van der Waals surface area contributed by atoms with Gasteiger partial charge in [0.05, 0.1) is 0 Å². The van der Waals surface area contributed by atoms with Gasteiger partial charge in [0, 0.05) is 6.42 Å². The molecule has 0 spiro atoms. The average Bonchev–Trinajstić information content (AvgIpc) is 2.88. The summed E-state index contributed by atoms with van der Waals surface area (Å²) < 4.78 is 23.6. The average molecular weight is 708 g/mol. The van der Waals surface area contributed by atoms with Crippen molar-refractivity contribution in [1.82, 2.24) is 10.6 Å². The van der Waals surface area contributed by atoms with Crippen molar-refractivity contribution in [2.24, 2.45) is 5.41 Å². The molecule has 0 aromatic rings. The molecule has 3 N–H and O–H groups in total. The van der Waals surface area contributed by atoms with Crippen molar-refractivity contribution in [2.45, 2.75) is 113 Å². The third kappa shape index (κ3) is 18.9. The first-order valence-corrected chi connectivity index (χ1v) is 18.7. The molecule has 0 saturated carbocycles. The SMILES string of the molecule is CCC(C)(C)CC(C)(C)OCCOC[CH2][Sn][C](C)(C)C(=O)COCCOCCNC(C)(C)C(=O)CCC(NC)C(=O)O. The second-order valence-electron chi connectivity index (χ2n) is 13.2. The number of nitrogens with one attached hydrogen (secondary N) is 2. The van der Waals surface area contributed by atoms with Crippen LogP contribution < -0.4 is 10.6 Å². The first kappa shape index (κ1) is 41.4. The molecule has 0 amide bonds. The minimum atomic E-state index is -0.989. The van der Waals surface area contributed by atoms with Crippen molar-refractivity contribution in [3.63, 3.8) is 0 Å². The van der Waals surface area contributed by atoms with Crippen LogP contribution in [0.4, 0.5) is 0 Å². The molecule has 0 rings (SSSR count). The predicted molar refractivity (Wildman–Crippen MR) is 168 cm³/mol. The minimum Gasteiger partial charge on any atom is -0.480 e. The van der Waals surface area contributed by atoms with E-state index < -0.39 is 38.7 Å². The van der Waals surface area contributed by atoms with Crippen molar-refractivity contribution in [1.29, 1.82) is 0 Å². The monoisotopic (exact) mass is 708 g/mol. The van der Waals surface area contributed by atoms with Gasteiger partial charge in [0.1, 0.15) is 6.04 Å². The van der Waals surface area contributed by atoms with E-state index in [0.717, 1.165) is 17.3 Å². The van der Waals surface area contributed by atoms with Gasteiger partial charge in [-0.3, -0.25) is 9.59 Å². The first-order chi connectivity index (χ1) is 19.4. The van der Waals surface area contributed by atoms with Gasteiger partial charge in [0.2, 0.25) is 0 Å². The zero-order valence-corrected chi connectivity index (χ0v) is 30.9. The molecule has 42 heavy (non-hydrogen) atoms. The molecule has 1 unspecified atom stereocenters. The van der Waals surface area contributed by atoms with Gasteiger partial charge in [-0.05, 0) is 13.5 Å². The van der Waals surface area contributed by atoms with Crippen molar-refractivity contribution in [2.75, 3.05) is 59.8 Å². The molecule has 0 saturated heterocycles. The fourth-order valence-corrected chi connectivity index (χ4v) is 7.68. The molecule has 0 fully saturated rings. The fourth-order valence-electron chi connectivity index (χ4n) is 4.42. The Morgan fingerprint density at radius 3 is 2.02 bits per heavy atom.